The summed E-state index contributed by atoms with van der Waals surface area (Å²) in [6, 6.07) is 0. The summed E-state index contributed by atoms with van der Waals surface area (Å²) in [7, 11) is 0.917. The van der Waals surface area contributed by atoms with Crippen molar-refractivity contribution in [2.45, 2.75) is 0 Å². The van der Waals surface area contributed by atoms with E-state index in [1.807, 2.05) is 0 Å². The fraction of sp³-hybridized carbons (Fsp3) is 0. The summed E-state index contributed by atoms with van der Waals surface area (Å²) < 4.78 is 0. The molecule has 0 N–H and O–H groups in total. The molecule has 0 bridgehead atoms. The van der Waals surface area contributed by atoms with E-state index in [-0.39, 0.29) is 27.3 Å². The minimum absolute atomic E-state index is 0. The Morgan fingerprint density at radius 3 is 1.25 bits per heavy atom. The van der Waals surface area contributed by atoms with Gasteiger partial charge in [-0.3, -0.25) is 0 Å². The van der Waals surface area contributed by atoms with Gasteiger partial charge in [-0.25, -0.2) is 0 Å². The maximum atomic E-state index is 4.12. The van der Waals surface area contributed by atoms with Crippen LogP contribution in [0.4, 0.5) is 0 Å². The van der Waals surface area contributed by atoms with Crippen molar-refractivity contribution in [2.24, 2.45) is 0 Å². The molecule has 0 aromatic heterocycles. The summed E-state index contributed by atoms with van der Waals surface area (Å²) in [5.74, 6) is 0. The zero-order chi connectivity index (χ0) is 2.71. The largest absolute Gasteiger partial charge is 2.00 e. The Balaban J connectivity index is 0. The van der Waals surface area contributed by atoms with Gasteiger partial charge in [-0.05, 0) is 0 Å². The molecular formula is CdS3. The van der Waals surface area contributed by atoms with Crippen LogP contribution in [0.5, 0.6) is 0 Å². The number of rotatable bonds is 0. The van der Waals surface area contributed by atoms with E-state index in [9.17, 15) is 0 Å². The summed E-state index contributed by atoms with van der Waals surface area (Å²) in [6.45, 7) is 0. The molecule has 4 heteroatoms. The van der Waals surface area contributed by atoms with E-state index in [1.54, 1.807) is 0 Å². The van der Waals surface area contributed by atoms with Crippen LogP contribution in [-0.2, 0) is 50.6 Å². The third-order valence-electron chi connectivity index (χ3n) is 0. The van der Waals surface area contributed by atoms with Gasteiger partial charge in [0.05, 0.1) is 0 Å². The summed E-state index contributed by atoms with van der Waals surface area (Å²) in [6.07, 6.45) is 0. The van der Waals surface area contributed by atoms with Gasteiger partial charge in [0.15, 0.2) is 0 Å². The molecule has 20 valence electrons. The van der Waals surface area contributed by atoms with E-state index >= 15 is 0 Å². The Morgan fingerprint density at radius 1 is 1.25 bits per heavy atom. The quantitative estimate of drug-likeness (QED) is 0.326. The van der Waals surface area contributed by atoms with Gasteiger partial charge in [-0.1, -0.05) is 0 Å². The monoisotopic (exact) mass is 210 g/mol. The van der Waals surface area contributed by atoms with Gasteiger partial charge >= 0.3 is 27.3 Å². The average molecular weight is 209 g/mol. The van der Waals surface area contributed by atoms with Crippen LogP contribution in [0.2, 0.25) is 0 Å². The maximum absolute atomic E-state index is 4.12. The van der Waals surface area contributed by atoms with E-state index < -0.39 is 0 Å². The molecule has 0 heterocycles. The molecule has 0 aliphatic heterocycles. The van der Waals surface area contributed by atoms with E-state index in [1.165, 1.54) is 0 Å². The van der Waals surface area contributed by atoms with Crippen LogP contribution in [-0.4, -0.2) is 0 Å². The van der Waals surface area contributed by atoms with Gasteiger partial charge in [0.25, 0.3) is 0 Å². The van der Waals surface area contributed by atoms with Gasteiger partial charge < -0.3 is 33.1 Å². The fourth-order valence-electron chi connectivity index (χ4n) is 0. The van der Waals surface area contributed by atoms with Gasteiger partial charge in [0.2, 0.25) is 0 Å². The summed E-state index contributed by atoms with van der Waals surface area (Å²) in [4.78, 5) is 0. The third kappa shape index (κ3) is 9.02. The third-order valence-corrected chi connectivity index (χ3v) is 0. The zero-order valence-corrected chi connectivity index (χ0v) is 8.42. The van der Waals surface area contributed by atoms with Crippen LogP contribution >= 0.6 is 9.83 Å². The van der Waals surface area contributed by atoms with E-state index in [4.69, 9.17) is 0 Å². The normalized spacial score (nSPS) is 4.50. The minimum Gasteiger partial charge on any atom is -0.747 e. The van der Waals surface area contributed by atoms with Crippen molar-refractivity contribution < 1.29 is 27.3 Å². The molecule has 0 aliphatic carbocycles. The van der Waals surface area contributed by atoms with Crippen LogP contribution in [0.3, 0.4) is 0 Å². The van der Waals surface area contributed by atoms with E-state index in [2.05, 4.69) is 23.3 Å². The molecule has 0 unspecified atom stereocenters. The first-order valence-electron chi connectivity index (χ1n) is 0.333. The first kappa shape index (κ1) is 9.36. The molecule has 0 saturated heterocycles. The van der Waals surface area contributed by atoms with Crippen molar-refractivity contribution in [3.63, 3.8) is 0 Å². The van der Waals surface area contributed by atoms with Crippen LogP contribution in [0.15, 0.2) is 0 Å². The second-order valence-corrected chi connectivity index (χ2v) is 1.84. The molecule has 4 heavy (non-hydrogen) atoms. The van der Waals surface area contributed by atoms with Gasteiger partial charge in [-0.2, -0.15) is 0 Å². The van der Waals surface area contributed by atoms with Gasteiger partial charge in [-0.15, -0.1) is 0 Å². The molecule has 0 aromatic rings. The minimum atomic E-state index is 0. The van der Waals surface area contributed by atoms with Gasteiger partial charge in [0.1, 0.15) is 0 Å². The van der Waals surface area contributed by atoms with Crippen LogP contribution in [0.1, 0.15) is 0 Å². The zero-order valence-electron chi connectivity index (χ0n) is 1.93. The second-order valence-electron chi connectivity index (χ2n) is 0.0680. The topological polar surface area (TPSA) is 0 Å². The standard InChI is InChI=1S/Cd.H2S3/c;1-3-2/h;1-2H/q+2;/p-2. The Labute approximate surface area is 59.9 Å². The van der Waals surface area contributed by atoms with Crippen LogP contribution < -0.4 is 0 Å². The van der Waals surface area contributed by atoms with Crippen molar-refractivity contribution in [3.05, 3.63) is 0 Å². The summed E-state index contributed by atoms with van der Waals surface area (Å²) in [5.41, 5.74) is 0. The average Bonchev–Trinajstić information content (AvgIpc) is 0.918. The molecule has 0 spiro atoms. The predicted molar refractivity (Wildman–Crippen MR) is 22.3 cm³/mol. The van der Waals surface area contributed by atoms with Crippen molar-refractivity contribution in [3.8, 4) is 0 Å². The summed E-state index contributed by atoms with van der Waals surface area (Å²) in [5, 5.41) is 0. The predicted octanol–water partition coefficient (Wildman–Crippen LogP) is 0.641. The first-order chi connectivity index (χ1) is 1.41. The number of hydrogen-bond donors (Lipinski definition) is 0. The van der Waals surface area contributed by atoms with Crippen molar-refractivity contribution in [1.82, 2.24) is 0 Å². The van der Waals surface area contributed by atoms with E-state index in [0.717, 1.165) is 9.83 Å². The van der Waals surface area contributed by atoms with Crippen LogP contribution in [0.25, 0.3) is 0 Å². The number of hydrogen-bond acceptors (Lipinski definition) is 3. The molecular weight excluding hydrogens is 209 g/mol. The molecule has 0 aliphatic rings. The fourth-order valence-corrected chi connectivity index (χ4v) is 0. The van der Waals surface area contributed by atoms with Crippen molar-refractivity contribution >= 4 is 33.1 Å². The first-order valence-corrected chi connectivity index (χ1v) is 3.00. The molecule has 0 saturated carbocycles. The molecule has 0 nitrogen and oxygen atoms in total. The van der Waals surface area contributed by atoms with Crippen molar-refractivity contribution in [2.75, 3.05) is 0 Å². The SMILES string of the molecule is [Cd+2].[S-]S[S-]. The Morgan fingerprint density at radius 2 is 1.25 bits per heavy atom. The molecule has 0 amide bonds. The maximum Gasteiger partial charge on any atom is 2.00 e. The molecule has 0 aromatic carbocycles. The smallest absolute Gasteiger partial charge is 0.747 e. The Hall–Kier alpha value is 1.97. The van der Waals surface area contributed by atoms with Gasteiger partial charge in [0, 0.05) is 0 Å². The second kappa shape index (κ2) is 8.88. The van der Waals surface area contributed by atoms with Crippen LogP contribution in [0, 0.1) is 0 Å². The molecule has 0 rings (SSSR count). The Kier molecular flexibility index (Phi) is 20.8. The van der Waals surface area contributed by atoms with E-state index in [0.29, 0.717) is 0 Å². The molecule has 0 fully saturated rings. The summed E-state index contributed by atoms with van der Waals surface area (Å²) >= 11 is 8.25. The Bertz CT molecular complexity index is 3.25. The molecule has 0 atom stereocenters. The van der Waals surface area contributed by atoms with Crippen molar-refractivity contribution in [1.29, 1.82) is 0 Å². The molecule has 0 radical (unpaired) electrons.